The second-order valence-corrected chi connectivity index (χ2v) is 14.2. The van der Waals surface area contributed by atoms with Crippen LogP contribution in [0, 0.1) is 17.8 Å². The zero-order valence-corrected chi connectivity index (χ0v) is 31.1. The number of allylic oxidation sites excluding steroid dienone is 5. The van der Waals surface area contributed by atoms with Crippen molar-refractivity contribution < 1.29 is 38.3 Å². The Morgan fingerprint density at radius 3 is 2.20 bits per heavy atom. The summed E-state index contributed by atoms with van der Waals surface area (Å²) in [5.74, 6) is -2.21. The van der Waals surface area contributed by atoms with Gasteiger partial charge < -0.3 is 36.2 Å². The fraction of sp³-hybridized carbons (Fsp3) is 0.611. The first-order valence-corrected chi connectivity index (χ1v) is 18.5. The summed E-state index contributed by atoms with van der Waals surface area (Å²) in [7, 11) is -1.08. The normalized spacial score (nSPS) is 16.0. The van der Waals surface area contributed by atoms with Crippen LogP contribution in [0.15, 0.2) is 60.9 Å². The van der Waals surface area contributed by atoms with E-state index in [4.69, 9.17) is 9.84 Å². The number of rotatable bonds is 25. The Labute approximate surface area is 295 Å². The van der Waals surface area contributed by atoms with Gasteiger partial charge in [0.25, 0.3) is 0 Å². The van der Waals surface area contributed by atoms with Crippen molar-refractivity contribution in [2.45, 2.75) is 91.5 Å². The van der Waals surface area contributed by atoms with Crippen molar-refractivity contribution in [1.82, 2.24) is 21.3 Å². The van der Waals surface area contributed by atoms with E-state index < -0.39 is 58.7 Å². The monoisotopic (exact) mass is 708 g/mol. The van der Waals surface area contributed by atoms with Crippen LogP contribution in [0.2, 0.25) is 0 Å². The highest BCUT2D eigenvalue weighted by Crippen LogP contribution is 2.17. The smallest absolute Gasteiger partial charge is 0.246 e. The van der Waals surface area contributed by atoms with Gasteiger partial charge in [0.15, 0.2) is 0 Å². The van der Waals surface area contributed by atoms with Gasteiger partial charge in [0.2, 0.25) is 23.6 Å². The van der Waals surface area contributed by atoms with Gasteiger partial charge in [0.1, 0.15) is 18.7 Å². The van der Waals surface area contributed by atoms with Crippen molar-refractivity contribution in [3.8, 4) is 0 Å². The molecule has 0 saturated carbocycles. The molecule has 0 heterocycles. The highest BCUT2D eigenvalue weighted by Gasteiger charge is 2.31. The molecular weight excluding hydrogens is 648 g/mol. The van der Waals surface area contributed by atoms with E-state index in [9.17, 15) is 28.5 Å². The van der Waals surface area contributed by atoms with E-state index in [2.05, 4.69) is 27.8 Å². The number of carbonyl (C=O) groups excluding carboxylic acids is 4. The van der Waals surface area contributed by atoms with Gasteiger partial charge in [0.05, 0.1) is 25.0 Å². The third-order valence-corrected chi connectivity index (χ3v) is 8.31. The van der Waals surface area contributed by atoms with Crippen molar-refractivity contribution >= 4 is 34.4 Å². The molecule has 13 heteroatoms. The molecule has 278 valence electrons. The third-order valence-electron chi connectivity index (χ3n) is 7.45. The van der Waals surface area contributed by atoms with Crippen molar-refractivity contribution in [1.29, 1.82) is 0 Å². The summed E-state index contributed by atoms with van der Waals surface area (Å²) in [6, 6.07) is -2.48. The molecule has 0 fully saturated rings. The third kappa shape index (κ3) is 21.2. The summed E-state index contributed by atoms with van der Waals surface area (Å²) in [5.41, 5.74) is 0.882. The first-order chi connectivity index (χ1) is 23.2. The number of carbonyl (C=O) groups is 4. The van der Waals surface area contributed by atoms with Crippen LogP contribution >= 0.6 is 0 Å². The van der Waals surface area contributed by atoms with Crippen LogP contribution in [0.25, 0.3) is 0 Å². The van der Waals surface area contributed by atoms with Crippen molar-refractivity contribution in [3.63, 3.8) is 0 Å². The lowest BCUT2D eigenvalue weighted by Gasteiger charge is -2.30. The molecule has 0 aliphatic rings. The van der Waals surface area contributed by atoms with E-state index >= 15 is 0 Å². The number of hydrogen-bond donors (Lipinski definition) is 6. The van der Waals surface area contributed by atoms with E-state index in [0.29, 0.717) is 18.6 Å². The lowest BCUT2D eigenvalue weighted by Crippen LogP contribution is -2.54. The fourth-order valence-electron chi connectivity index (χ4n) is 4.71. The van der Waals surface area contributed by atoms with Crippen molar-refractivity contribution in [2.75, 3.05) is 31.8 Å². The number of nitrogens with one attached hydrogen (secondary N) is 4. The Morgan fingerprint density at radius 1 is 0.939 bits per heavy atom. The molecule has 0 spiro atoms. The second-order valence-electron chi connectivity index (χ2n) is 12.7. The summed E-state index contributed by atoms with van der Waals surface area (Å²) >= 11 is 0. The Balaban J connectivity index is 5.58. The number of ether oxygens (including phenoxy) is 1. The maximum atomic E-state index is 13.5. The van der Waals surface area contributed by atoms with Crippen LogP contribution in [-0.2, 0) is 34.7 Å². The van der Waals surface area contributed by atoms with E-state index in [0.717, 1.165) is 11.8 Å². The number of aliphatic hydroxyl groups excluding tert-OH is 2. The van der Waals surface area contributed by atoms with E-state index in [1.807, 2.05) is 46.8 Å². The summed E-state index contributed by atoms with van der Waals surface area (Å²) in [6.07, 6.45) is 14.1. The molecular formula is C36H60N4O8S. The SMILES string of the molecule is C=C/C=C\C(=C/C)CNC(=O)[C@@H](NC(=O)[C@H](C)C[C@H](O)[C@H](CC(C)C)NC(=O)[C@H](CCCS(C)=O)NC(=O)COC/C=C/C=C\O)C(C)C. The summed E-state index contributed by atoms with van der Waals surface area (Å²) in [5, 5.41) is 31.2. The standard InChI is InChI=1S/C36H60N4O8S/c1-9-11-16-28(10-2)23-37-36(46)33(26(5)6)40-34(44)27(7)22-31(42)30(21-25(3)4)39-35(45)29(17-15-20-49(8)47)38-32(43)24-48-19-14-12-13-18-41/h9-14,16,18,25-27,29-31,33,41-42H,1,15,17,19-24H2,2-8H3,(H,37,46)(H,38,43)(H,39,45)(H,40,44)/b14-12+,16-11-,18-13-,28-10+/t27-,29+,30+,31+,33+,49?/m1/s1. The van der Waals surface area contributed by atoms with Gasteiger partial charge in [-0.15, -0.1) is 0 Å². The van der Waals surface area contributed by atoms with Crippen LogP contribution in [0.1, 0.15) is 67.2 Å². The van der Waals surface area contributed by atoms with Crippen molar-refractivity contribution in [2.24, 2.45) is 17.8 Å². The predicted octanol–water partition coefficient (Wildman–Crippen LogP) is 3.14. The Bertz CT molecular complexity index is 1180. The molecule has 6 atom stereocenters. The Morgan fingerprint density at radius 2 is 1.63 bits per heavy atom. The van der Waals surface area contributed by atoms with Crippen LogP contribution in [0.4, 0.5) is 0 Å². The molecule has 0 rings (SSSR count). The van der Waals surface area contributed by atoms with Gasteiger partial charge >= 0.3 is 0 Å². The first kappa shape index (κ1) is 45.5. The fourth-order valence-corrected chi connectivity index (χ4v) is 5.29. The van der Waals surface area contributed by atoms with E-state index in [1.54, 1.807) is 37.5 Å². The average Bonchev–Trinajstić information content (AvgIpc) is 3.03. The molecule has 0 saturated heterocycles. The largest absolute Gasteiger partial charge is 0.516 e. The first-order valence-electron chi connectivity index (χ1n) is 16.8. The zero-order chi connectivity index (χ0) is 37.4. The van der Waals surface area contributed by atoms with Gasteiger partial charge in [-0.3, -0.25) is 23.4 Å². The second kappa shape index (κ2) is 26.3. The highest BCUT2D eigenvalue weighted by atomic mass is 32.2. The molecule has 0 aromatic rings. The topological polar surface area (TPSA) is 183 Å². The Kier molecular flexibility index (Phi) is 24.4. The van der Waals surface area contributed by atoms with E-state index in [1.165, 1.54) is 6.08 Å². The van der Waals surface area contributed by atoms with Crippen LogP contribution in [0.5, 0.6) is 0 Å². The van der Waals surface area contributed by atoms with Gasteiger partial charge in [0, 0.05) is 35.3 Å². The van der Waals surface area contributed by atoms with Crippen molar-refractivity contribution in [3.05, 3.63) is 60.9 Å². The lowest BCUT2D eigenvalue weighted by molar-refractivity contribution is -0.133. The lowest BCUT2D eigenvalue weighted by atomic mass is 9.91. The van der Waals surface area contributed by atoms with E-state index in [-0.39, 0.29) is 50.3 Å². The van der Waals surface area contributed by atoms with Crippen LogP contribution in [0.3, 0.4) is 0 Å². The summed E-state index contributed by atoms with van der Waals surface area (Å²) < 4.78 is 16.9. The van der Waals surface area contributed by atoms with Gasteiger partial charge in [-0.2, -0.15) is 0 Å². The Hall–Kier alpha value is -3.55. The minimum Gasteiger partial charge on any atom is -0.516 e. The molecule has 0 aromatic carbocycles. The maximum absolute atomic E-state index is 13.5. The van der Waals surface area contributed by atoms with Gasteiger partial charge in [-0.1, -0.05) is 77.7 Å². The molecule has 0 aromatic heterocycles. The molecule has 0 bridgehead atoms. The maximum Gasteiger partial charge on any atom is 0.246 e. The van der Waals surface area contributed by atoms with Crippen LogP contribution in [-0.4, -0.2) is 94.0 Å². The highest BCUT2D eigenvalue weighted by molar-refractivity contribution is 7.84. The number of aliphatic hydroxyl groups is 2. The molecule has 12 nitrogen and oxygen atoms in total. The predicted molar refractivity (Wildman–Crippen MR) is 196 cm³/mol. The minimum atomic E-state index is -1.10. The number of amides is 4. The quantitative estimate of drug-likeness (QED) is 0.0475. The molecule has 0 aliphatic heterocycles. The summed E-state index contributed by atoms with van der Waals surface area (Å²) in [4.78, 5) is 52.3. The van der Waals surface area contributed by atoms with Crippen LogP contribution < -0.4 is 21.3 Å². The number of hydrogen-bond acceptors (Lipinski definition) is 8. The molecule has 49 heavy (non-hydrogen) atoms. The van der Waals surface area contributed by atoms with Gasteiger partial charge in [-0.05, 0) is 56.1 Å². The summed E-state index contributed by atoms with van der Waals surface area (Å²) in [6.45, 7) is 14.8. The molecule has 6 N–H and O–H groups in total. The minimum absolute atomic E-state index is 0.0175. The average molecular weight is 709 g/mol. The van der Waals surface area contributed by atoms with Gasteiger partial charge in [-0.25, -0.2) is 0 Å². The zero-order valence-electron chi connectivity index (χ0n) is 30.3. The molecule has 0 radical (unpaired) electrons. The molecule has 1 unspecified atom stereocenters. The molecule has 4 amide bonds. The molecule has 0 aliphatic carbocycles.